The van der Waals surface area contributed by atoms with Gasteiger partial charge >= 0.3 is 0 Å². The Morgan fingerprint density at radius 3 is 2.31 bits per heavy atom. The molecule has 1 fully saturated rings. The number of ketones is 3. The highest BCUT2D eigenvalue weighted by Crippen LogP contribution is 2.53. The maximum atomic E-state index is 13.7. The lowest BCUT2D eigenvalue weighted by molar-refractivity contribution is -0.153. The Morgan fingerprint density at radius 2 is 1.77 bits per heavy atom. The summed E-state index contributed by atoms with van der Waals surface area (Å²) in [6, 6.07) is 1.56. The van der Waals surface area contributed by atoms with Gasteiger partial charge in [-0.15, -0.1) is 0 Å². The number of nitrogens with zero attached hydrogens (tertiary/aromatic N) is 1. The van der Waals surface area contributed by atoms with Crippen molar-refractivity contribution in [3.05, 3.63) is 45.7 Å². The monoisotopic (exact) mass is 484 g/mol. The predicted octanol–water partition coefficient (Wildman–Crippen LogP) is 0.803. The SMILES string of the molecule is CC(C)C(=O)c1ccc(O)c2c1CC1CC3C(N(C)C)C(=O)C(C(N)=O)=C(O)[C@@]3(O)C(=O)C1=C2O. The Hall–Kier alpha value is -3.50. The maximum Gasteiger partial charge on any atom is 0.255 e. The molecular weight excluding hydrogens is 456 g/mol. The minimum atomic E-state index is -2.69. The van der Waals surface area contributed by atoms with Gasteiger partial charge in [0.05, 0.1) is 11.6 Å². The molecular formula is C25H28N2O8. The van der Waals surface area contributed by atoms with E-state index in [-0.39, 0.29) is 41.4 Å². The first-order valence-corrected chi connectivity index (χ1v) is 11.3. The number of hydrogen-bond donors (Lipinski definition) is 5. The van der Waals surface area contributed by atoms with Crippen LogP contribution in [0.4, 0.5) is 0 Å². The van der Waals surface area contributed by atoms with Crippen LogP contribution in [0.5, 0.6) is 5.75 Å². The number of benzene rings is 1. The van der Waals surface area contributed by atoms with Crippen molar-refractivity contribution >= 4 is 29.0 Å². The van der Waals surface area contributed by atoms with E-state index in [0.717, 1.165) is 0 Å². The summed E-state index contributed by atoms with van der Waals surface area (Å²) in [4.78, 5) is 53.1. The molecule has 1 saturated carbocycles. The molecule has 0 aromatic heterocycles. The van der Waals surface area contributed by atoms with Gasteiger partial charge in [-0.05, 0) is 50.6 Å². The molecule has 1 aromatic rings. The number of carbonyl (C=O) groups is 4. The molecule has 3 aliphatic carbocycles. The molecule has 1 amide bonds. The van der Waals surface area contributed by atoms with Crippen LogP contribution in [0.3, 0.4) is 0 Å². The van der Waals surface area contributed by atoms with Crippen LogP contribution in [0.25, 0.3) is 5.76 Å². The number of amides is 1. The molecule has 1 aromatic carbocycles. The van der Waals surface area contributed by atoms with Crippen molar-refractivity contribution in [3.63, 3.8) is 0 Å². The lowest BCUT2D eigenvalue weighted by Gasteiger charge is -2.50. The number of phenolic OH excluding ortho intramolecular Hbond substituents is 1. The number of aliphatic hydroxyl groups is 3. The molecule has 0 heterocycles. The van der Waals surface area contributed by atoms with E-state index >= 15 is 0 Å². The molecule has 4 atom stereocenters. The van der Waals surface area contributed by atoms with E-state index in [0.29, 0.717) is 11.1 Å². The van der Waals surface area contributed by atoms with Crippen LogP contribution in [0, 0.1) is 17.8 Å². The molecule has 10 nitrogen and oxygen atoms in total. The zero-order chi connectivity index (χ0) is 26.1. The normalized spacial score (nSPS) is 28.3. The van der Waals surface area contributed by atoms with Crippen LogP contribution < -0.4 is 5.73 Å². The number of rotatable bonds is 4. The Kier molecular flexibility index (Phi) is 5.65. The lowest BCUT2D eigenvalue weighted by Crippen LogP contribution is -2.65. The second kappa shape index (κ2) is 8.03. The fourth-order valence-electron chi connectivity index (χ4n) is 5.79. The molecule has 6 N–H and O–H groups in total. The third kappa shape index (κ3) is 3.24. The van der Waals surface area contributed by atoms with Crippen LogP contribution in [-0.4, -0.2) is 74.3 Å². The first-order chi connectivity index (χ1) is 16.2. The number of nitrogens with two attached hydrogens (primary N) is 1. The standard InChI is InChI=1S/C25H28N2O8/c1-9(2)19(29)11-5-6-14(28)16-12(11)7-10-8-13-18(27(3)4)21(31)17(24(26)34)23(33)25(13,35)22(32)15(10)20(16)30/h5-6,9-10,13,18,28,30,33,35H,7-8H2,1-4H3,(H2,26,34)/t10?,13?,18?,25-/m0/s1. The number of primary amides is 1. The van der Waals surface area contributed by atoms with Gasteiger partial charge in [0, 0.05) is 23.0 Å². The zero-order valence-corrected chi connectivity index (χ0v) is 19.8. The summed E-state index contributed by atoms with van der Waals surface area (Å²) in [5.41, 5.74) is 2.08. The molecule has 0 radical (unpaired) electrons. The topological polar surface area (TPSA) is 178 Å². The fraction of sp³-hybridized carbons (Fsp3) is 0.440. The van der Waals surface area contributed by atoms with Crippen molar-refractivity contribution < 1.29 is 39.6 Å². The fourth-order valence-corrected chi connectivity index (χ4v) is 5.79. The lowest BCUT2D eigenvalue weighted by atomic mass is 9.57. The van der Waals surface area contributed by atoms with E-state index in [1.165, 1.54) is 31.1 Å². The van der Waals surface area contributed by atoms with Crippen molar-refractivity contribution in [2.75, 3.05) is 14.1 Å². The largest absolute Gasteiger partial charge is 0.508 e. The summed E-state index contributed by atoms with van der Waals surface area (Å²) in [7, 11) is 3.07. The number of aliphatic hydroxyl groups excluding tert-OH is 2. The molecule has 4 rings (SSSR count). The number of phenols is 1. The van der Waals surface area contributed by atoms with Gasteiger partial charge in [-0.3, -0.25) is 24.1 Å². The van der Waals surface area contributed by atoms with Gasteiger partial charge in [0.1, 0.15) is 22.8 Å². The molecule has 3 unspecified atom stereocenters. The number of fused-ring (bicyclic) bond motifs is 3. The Balaban J connectivity index is 1.98. The number of carbonyl (C=O) groups excluding carboxylic acids is 4. The van der Waals surface area contributed by atoms with E-state index in [4.69, 9.17) is 5.73 Å². The first-order valence-electron chi connectivity index (χ1n) is 11.3. The highest BCUT2D eigenvalue weighted by Gasteiger charge is 2.64. The van der Waals surface area contributed by atoms with Crippen LogP contribution in [0.2, 0.25) is 0 Å². The third-order valence-electron chi connectivity index (χ3n) is 7.39. The number of aromatic hydroxyl groups is 1. The summed E-state index contributed by atoms with van der Waals surface area (Å²) in [6.07, 6.45) is 0.0491. The van der Waals surface area contributed by atoms with Crippen molar-refractivity contribution in [2.24, 2.45) is 23.5 Å². The van der Waals surface area contributed by atoms with E-state index in [9.17, 15) is 39.6 Å². The van der Waals surface area contributed by atoms with Crippen LogP contribution >= 0.6 is 0 Å². The van der Waals surface area contributed by atoms with Gasteiger partial charge < -0.3 is 26.2 Å². The third-order valence-corrected chi connectivity index (χ3v) is 7.39. The minimum Gasteiger partial charge on any atom is -0.508 e. The van der Waals surface area contributed by atoms with E-state index in [1.54, 1.807) is 13.8 Å². The Bertz CT molecular complexity index is 1260. The van der Waals surface area contributed by atoms with E-state index in [1.807, 2.05) is 0 Å². The van der Waals surface area contributed by atoms with Gasteiger partial charge in [-0.2, -0.15) is 0 Å². The van der Waals surface area contributed by atoms with Crippen molar-refractivity contribution in [1.82, 2.24) is 4.90 Å². The minimum absolute atomic E-state index is 0.0310. The van der Waals surface area contributed by atoms with Gasteiger partial charge in [0.15, 0.2) is 17.2 Å². The van der Waals surface area contributed by atoms with E-state index in [2.05, 4.69) is 0 Å². The van der Waals surface area contributed by atoms with Crippen molar-refractivity contribution in [2.45, 2.75) is 38.3 Å². The van der Waals surface area contributed by atoms with Gasteiger partial charge in [0.2, 0.25) is 5.78 Å². The number of likely N-dealkylation sites (N-methyl/N-ethyl adjacent to an activating group) is 1. The summed E-state index contributed by atoms with van der Waals surface area (Å²) in [5.74, 6) is -7.75. The summed E-state index contributed by atoms with van der Waals surface area (Å²) >= 11 is 0. The van der Waals surface area contributed by atoms with Crippen LogP contribution in [-0.2, 0) is 20.8 Å². The highest BCUT2D eigenvalue weighted by molar-refractivity contribution is 6.24. The summed E-state index contributed by atoms with van der Waals surface area (Å²) in [6.45, 7) is 3.44. The number of Topliss-reactive ketones (excluding diaryl/α,β-unsaturated/α-hetero) is 3. The average molecular weight is 485 g/mol. The molecule has 0 aliphatic heterocycles. The van der Waals surface area contributed by atoms with Gasteiger partial charge in [-0.1, -0.05) is 13.8 Å². The summed E-state index contributed by atoms with van der Waals surface area (Å²) in [5, 5.41) is 44.0. The molecule has 0 spiro atoms. The smallest absolute Gasteiger partial charge is 0.255 e. The molecule has 0 bridgehead atoms. The first kappa shape index (κ1) is 24.6. The maximum absolute atomic E-state index is 13.7. The van der Waals surface area contributed by atoms with Crippen LogP contribution in [0.1, 0.15) is 41.8 Å². The van der Waals surface area contributed by atoms with Gasteiger partial charge in [-0.25, -0.2) is 0 Å². The van der Waals surface area contributed by atoms with Crippen LogP contribution in [0.15, 0.2) is 29.0 Å². The second-order valence-electron chi connectivity index (χ2n) is 9.97. The molecule has 35 heavy (non-hydrogen) atoms. The summed E-state index contributed by atoms with van der Waals surface area (Å²) < 4.78 is 0. The Morgan fingerprint density at radius 1 is 1.14 bits per heavy atom. The molecule has 186 valence electrons. The van der Waals surface area contributed by atoms with E-state index < -0.39 is 58.0 Å². The predicted molar refractivity (Wildman–Crippen MR) is 123 cm³/mol. The van der Waals surface area contributed by atoms with Crippen molar-refractivity contribution in [3.8, 4) is 5.75 Å². The second-order valence-corrected chi connectivity index (χ2v) is 9.97. The molecule has 10 heteroatoms. The van der Waals surface area contributed by atoms with Gasteiger partial charge in [0.25, 0.3) is 5.91 Å². The average Bonchev–Trinajstić information content (AvgIpc) is 2.75. The number of hydrogen-bond acceptors (Lipinski definition) is 9. The molecule has 3 aliphatic rings. The zero-order valence-electron chi connectivity index (χ0n) is 19.8. The highest BCUT2D eigenvalue weighted by atomic mass is 16.3. The van der Waals surface area contributed by atoms with Crippen molar-refractivity contribution in [1.29, 1.82) is 0 Å². The Labute approximate surface area is 201 Å². The molecule has 0 saturated heterocycles. The quantitative estimate of drug-likeness (QED) is 0.305.